The molecule has 0 bridgehead atoms. The fourth-order valence-electron chi connectivity index (χ4n) is 2.24. The molecule has 0 aliphatic heterocycles. The Morgan fingerprint density at radius 3 is 2.56 bits per heavy atom. The number of non-ortho nitro benzene ring substituents is 1. The maximum Gasteiger partial charge on any atom is 0.269 e. The van der Waals surface area contributed by atoms with Crippen LogP contribution in [0.2, 0.25) is 0 Å². The molecule has 0 radical (unpaired) electrons. The average molecular weight is 248 g/mol. The fraction of sp³-hybridized carbons (Fsp3) is 0.571. The summed E-state index contributed by atoms with van der Waals surface area (Å²) in [6.45, 7) is 3.22. The monoisotopic (exact) mass is 248 g/mol. The highest BCUT2D eigenvalue weighted by Gasteiger charge is 2.30. The summed E-state index contributed by atoms with van der Waals surface area (Å²) in [6.07, 6.45) is 4.74. The highest BCUT2D eigenvalue weighted by atomic mass is 16.6. The summed E-state index contributed by atoms with van der Waals surface area (Å²) in [7, 11) is 0. The first-order chi connectivity index (χ1) is 8.70. The van der Waals surface area contributed by atoms with E-state index in [4.69, 9.17) is 0 Å². The van der Waals surface area contributed by atoms with Crippen molar-refractivity contribution in [1.82, 2.24) is 5.32 Å². The predicted octanol–water partition coefficient (Wildman–Crippen LogP) is 2.92. The molecule has 1 aromatic carbocycles. The number of rotatable bonds is 7. The van der Waals surface area contributed by atoms with Crippen LogP contribution < -0.4 is 5.32 Å². The number of nitro groups is 1. The number of nitrogens with zero attached hydrogens (tertiary/aromatic N) is 1. The molecule has 4 nitrogen and oxygen atoms in total. The van der Waals surface area contributed by atoms with Gasteiger partial charge >= 0.3 is 0 Å². The fourth-order valence-corrected chi connectivity index (χ4v) is 2.24. The van der Waals surface area contributed by atoms with Gasteiger partial charge in [-0.3, -0.25) is 10.1 Å². The zero-order valence-corrected chi connectivity index (χ0v) is 10.8. The van der Waals surface area contributed by atoms with E-state index in [-0.39, 0.29) is 10.6 Å². The minimum atomic E-state index is -0.350. The standard InChI is InChI=1S/C14H20N2O2/c1-2-9-15-14(12-5-6-12)10-11-3-7-13(8-4-11)16(17)18/h3-4,7-8,12,14-15H,2,5-6,9-10H2,1H3. The highest BCUT2D eigenvalue weighted by Crippen LogP contribution is 2.34. The second kappa shape index (κ2) is 5.96. The van der Waals surface area contributed by atoms with Gasteiger partial charge < -0.3 is 5.32 Å². The van der Waals surface area contributed by atoms with Gasteiger partial charge in [-0.1, -0.05) is 19.1 Å². The van der Waals surface area contributed by atoms with Gasteiger partial charge in [0, 0.05) is 18.2 Å². The Hall–Kier alpha value is -1.42. The Labute approximate surface area is 108 Å². The molecule has 1 atom stereocenters. The molecule has 4 heteroatoms. The van der Waals surface area contributed by atoms with Crippen molar-refractivity contribution in [3.63, 3.8) is 0 Å². The van der Waals surface area contributed by atoms with E-state index in [9.17, 15) is 10.1 Å². The summed E-state index contributed by atoms with van der Waals surface area (Å²) in [6, 6.07) is 7.48. The van der Waals surface area contributed by atoms with Crippen LogP contribution in [-0.4, -0.2) is 17.5 Å². The maximum atomic E-state index is 10.6. The molecule has 98 valence electrons. The molecule has 2 rings (SSSR count). The van der Waals surface area contributed by atoms with E-state index in [0.29, 0.717) is 6.04 Å². The first-order valence-corrected chi connectivity index (χ1v) is 6.67. The number of benzene rings is 1. The third kappa shape index (κ3) is 3.53. The SMILES string of the molecule is CCCNC(Cc1ccc([N+](=O)[O-])cc1)C1CC1. The Morgan fingerprint density at radius 1 is 1.39 bits per heavy atom. The van der Waals surface area contributed by atoms with E-state index in [2.05, 4.69) is 12.2 Å². The van der Waals surface area contributed by atoms with Gasteiger partial charge in [0.05, 0.1) is 4.92 Å². The lowest BCUT2D eigenvalue weighted by Crippen LogP contribution is -2.33. The molecule has 1 unspecified atom stereocenters. The quantitative estimate of drug-likeness (QED) is 0.596. The second-order valence-corrected chi connectivity index (χ2v) is 5.03. The van der Waals surface area contributed by atoms with Crippen molar-refractivity contribution in [1.29, 1.82) is 0 Å². The average Bonchev–Trinajstić information content (AvgIpc) is 3.19. The lowest BCUT2D eigenvalue weighted by Gasteiger charge is -2.17. The summed E-state index contributed by atoms with van der Waals surface area (Å²) >= 11 is 0. The molecule has 1 N–H and O–H groups in total. The number of hydrogen-bond donors (Lipinski definition) is 1. The zero-order valence-electron chi connectivity index (χ0n) is 10.8. The van der Waals surface area contributed by atoms with Crippen molar-refractivity contribution < 1.29 is 4.92 Å². The number of nitrogens with one attached hydrogen (secondary N) is 1. The molecule has 0 heterocycles. The van der Waals surface area contributed by atoms with Crippen LogP contribution in [0.5, 0.6) is 0 Å². The number of hydrogen-bond acceptors (Lipinski definition) is 3. The first kappa shape index (κ1) is 13.0. The molecule has 0 aromatic heterocycles. The predicted molar refractivity (Wildman–Crippen MR) is 71.6 cm³/mol. The molecule has 1 fully saturated rings. The van der Waals surface area contributed by atoms with Gasteiger partial charge in [0.1, 0.15) is 0 Å². The van der Waals surface area contributed by atoms with Crippen molar-refractivity contribution >= 4 is 5.69 Å². The van der Waals surface area contributed by atoms with Crippen molar-refractivity contribution in [3.05, 3.63) is 39.9 Å². The number of nitro benzene ring substituents is 1. The van der Waals surface area contributed by atoms with Crippen LogP contribution in [0.25, 0.3) is 0 Å². The van der Waals surface area contributed by atoms with E-state index in [1.165, 1.54) is 18.4 Å². The smallest absolute Gasteiger partial charge is 0.269 e. The zero-order chi connectivity index (χ0) is 13.0. The second-order valence-electron chi connectivity index (χ2n) is 5.03. The van der Waals surface area contributed by atoms with Crippen LogP contribution in [0.4, 0.5) is 5.69 Å². The van der Waals surface area contributed by atoms with Crippen molar-refractivity contribution in [2.24, 2.45) is 5.92 Å². The van der Waals surface area contributed by atoms with Crippen LogP contribution in [0.3, 0.4) is 0 Å². The molecule has 1 aliphatic carbocycles. The molecule has 0 amide bonds. The Bertz CT molecular complexity index is 399. The molecule has 0 saturated heterocycles. The minimum absolute atomic E-state index is 0.170. The largest absolute Gasteiger partial charge is 0.313 e. The first-order valence-electron chi connectivity index (χ1n) is 6.67. The Balaban J connectivity index is 1.95. The van der Waals surface area contributed by atoms with E-state index in [1.807, 2.05) is 12.1 Å². The van der Waals surface area contributed by atoms with Crippen molar-refractivity contribution in [2.75, 3.05) is 6.54 Å². The molecule has 1 aliphatic rings. The van der Waals surface area contributed by atoms with Gasteiger partial charge in [-0.2, -0.15) is 0 Å². The summed E-state index contributed by atoms with van der Waals surface area (Å²) in [5.74, 6) is 0.798. The van der Waals surface area contributed by atoms with Gasteiger partial charge in [0.15, 0.2) is 0 Å². The summed E-state index contributed by atoms with van der Waals surface area (Å²) in [5.41, 5.74) is 1.35. The Kier molecular flexibility index (Phi) is 4.31. The van der Waals surface area contributed by atoms with Gasteiger partial charge in [0.25, 0.3) is 5.69 Å². The van der Waals surface area contributed by atoms with E-state index >= 15 is 0 Å². The van der Waals surface area contributed by atoms with E-state index in [0.717, 1.165) is 25.3 Å². The molecule has 1 saturated carbocycles. The van der Waals surface area contributed by atoms with E-state index < -0.39 is 0 Å². The van der Waals surface area contributed by atoms with Crippen LogP contribution in [-0.2, 0) is 6.42 Å². The van der Waals surface area contributed by atoms with Crippen LogP contribution in [0.1, 0.15) is 31.7 Å². The highest BCUT2D eigenvalue weighted by molar-refractivity contribution is 5.33. The Morgan fingerprint density at radius 2 is 2.06 bits per heavy atom. The van der Waals surface area contributed by atoms with Gasteiger partial charge in [-0.05, 0) is 43.7 Å². The molecule has 1 aromatic rings. The topological polar surface area (TPSA) is 55.2 Å². The van der Waals surface area contributed by atoms with Crippen molar-refractivity contribution in [3.8, 4) is 0 Å². The van der Waals surface area contributed by atoms with Gasteiger partial charge in [0.2, 0.25) is 0 Å². The lowest BCUT2D eigenvalue weighted by atomic mass is 10.0. The summed E-state index contributed by atoms with van der Waals surface area (Å²) < 4.78 is 0. The minimum Gasteiger partial charge on any atom is -0.313 e. The third-order valence-electron chi connectivity index (χ3n) is 3.45. The molecule has 0 spiro atoms. The summed E-state index contributed by atoms with van der Waals surface area (Å²) in [4.78, 5) is 10.2. The van der Waals surface area contributed by atoms with Crippen LogP contribution in [0.15, 0.2) is 24.3 Å². The van der Waals surface area contributed by atoms with Crippen molar-refractivity contribution in [2.45, 2.75) is 38.6 Å². The third-order valence-corrected chi connectivity index (χ3v) is 3.45. The van der Waals surface area contributed by atoms with Gasteiger partial charge in [-0.15, -0.1) is 0 Å². The van der Waals surface area contributed by atoms with Gasteiger partial charge in [-0.25, -0.2) is 0 Å². The maximum absolute atomic E-state index is 10.6. The summed E-state index contributed by atoms with van der Waals surface area (Å²) in [5, 5.41) is 14.2. The van der Waals surface area contributed by atoms with E-state index in [1.54, 1.807) is 12.1 Å². The lowest BCUT2D eigenvalue weighted by molar-refractivity contribution is -0.384. The molecular formula is C14H20N2O2. The molecular weight excluding hydrogens is 228 g/mol. The normalized spacial score (nSPS) is 16.5. The van der Waals surface area contributed by atoms with Crippen LogP contribution in [0, 0.1) is 16.0 Å². The van der Waals surface area contributed by atoms with Crippen LogP contribution >= 0.6 is 0 Å². The molecule has 18 heavy (non-hydrogen) atoms.